The lowest BCUT2D eigenvalue weighted by Gasteiger charge is -2.12. The average molecular weight is 220 g/mol. The highest BCUT2D eigenvalue weighted by Gasteiger charge is 2.15. The summed E-state index contributed by atoms with van der Waals surface area (Å²) >= 11 is 0. The van der Waals surface area contributed by atoms with Gasteiger partial charge in [0.1, 0.15) is 5.82 Å². The smallest absolute Gasteiger partial charge is 0.123 e. The molecule has 0 saturated carbocycles. The molecule has 0 radical (unpaired) electrons. The van der Waals surface area contributed by atoms with E-state index in [1.165, 1.54) is 12.1 Å². The summed E-state index contributed by atoms with van der Waals surface area (Å²) in [5.41, 5.74) is 2.24. The molecule has 2 nitrogen and oxygen atoms in total. The highest BCUT2D eigenvalue weighted by molar-refractivity contribution is 5.15. The first-order valence-corrected chi connectivity index (χ1v) is 5.63. The summed E-state index contributed by atoms with van der Waals surface area (Å²) in [6.45, 7) is 5.61. The molecule has 16 heavy (non-hydrogen) atoms. The maximum atomic E-state index is 12.7. The van der Waals surface area contributed by atoms with Crippen LogP contribution in [0.4, 0.5) is 4.39 Å². The molecule has 86 valence electrons. The van der Waals surface area contributed by atoms with Crippen LogP contribution in [0.5, 0.6) is 0 Å². The average Bonchev–Trinajstić information content (AvgIpc) is 2.67. The molecule has 2 rings (SSSR count). The maximum Gasteiger partial charge on any atom is 0.123 e. The third-order valence-corrected chi connectivity index (χ3v) is 2.84. The van der Waals surface area contributed by atoms with Gasteiger partial charge < -0.3 is 10.6 Å². The third kappa shape index (κ3) is 3.07. The number of halogens is 1. The third-order valence-electron chi connectivity index (χ3n) is 2.84. The van der Waals surface area contributed by atoms with Gasteiger partial charge in [0.2, 0.25) is 0 Å². The standard InChI is InChI=1S/C13H17FN2/c1-10-2-7-13(16-10)9-15-8-11-3-5-12(14)6-4-11/h3-6,13,15-16H,1-2,7-9H2. The monoisotopic (exact) mass is 220 g/mol. The summed E-state index contributed by atoms with van der Waals surface area (Å²) in [5, 5.41) is 6.69. The molecular formula is C13H17FN2. The molecule has 3 heteroatoms. The second kappa shape index (κ2) is 5.12. The van der Waals surface area contributed by atoms with E-state index >= 15 is 0 Å². The minimum atomic E-state index is -0.183. The van der Waals surface area contributed by atoms with Gasteiger partial charge in [-0.1, -0.05) is 18.7 Å². The molecule has 1 unspecified atom stereocenters. The van der Waals surface area contributed by atoms with Crippen molar-refractivity contribution in [3.63, 3.8) is 0 Å². The predicted octanol–water partition coefficient (Wildman–Crippen LogP) is 2.18. The van der Waals surface area contributed by atoms with Crippen molar-refractivity contribution in [3.8, 4) is 0 Å². The minimum absolute atomic E-state index is 0.183. The summed E-state index contributed by atoms with van der Waals surface area (Å²) in [4.78, 5) is 0. The molecule has 1 saturated heterocycles. The van der Waals surface area contributed by atoms with Crippen molar-refractivity contribution in [1.82, 2.24) is 10.6 Å². The Hall–Kier alpha value is -1.35. The Balaban J connectivity index is 1.72. The fraction of sp³-hybridized carbons (Fsp3) is 0.385. The summed E-state index contributed by atoms with van der Waals surface area (Å²) < 4.78 is 12.7. The molecule has 0 spiro atoms. The van der Waals surface area contributed by atoms with Gasteiger partial charge in [-0.25, -0.2) is 4.39 Å². The van der Waals surface area contributed by atoms with Crippen molar-refractivity contribution < 1.29 is 4.39 Å². The Kier molecular flexibility index (Phi) is 3.57. The number of rotatable bonds is 4. The summed E-state index contributed by atoms with van der Waals surface area (Å²) in [6, 6.07) is 7.10. The molecule has 1 heterocycles. The number of hydrogen-bond donors (Lipinski definition) is 2. The number of benzene rings is 1. The van der Waals surface area contributed by atoms with Crippen LogP contribution >= 0.6 is 0 Å². The van der Waals surface area contributed by atoms with E-state index in [0.29, 0.717) is 6.04 Å². The van der Waals surface area contributed by atoms with Crippen LogP contribution in [0.3, 0.4) is 0 Å². The predicted molar refractivity (Wildman–Crippen MR) is 63.4 cm³/mol. The van der Waals surface area contributed by atoms with Gasteiger partial charge in [0.15, 0.2) is 0 Å². The first kappa shape index (κ1) is 11.1. The Morgan fingerprint density at radius 2 is 2.12 bits per heavy atom. The Morgan fingerprint density at radius 1 is 1.38 bits per heavy atom. The van der Waals surface area contributed by atoms with Crippen LogP contribution in [0.15, 0.2) is 36.5 Å². The molecule has 1 aliphatic rings. The Labute approximate surface area is 95.6 Å². The molecule has 1 fully saturated rings. The molecular weight excluding hydrogens is 203 g/mol. The molecule has 2 N–H and O–H groups in total. The number of allylic oxidation sites excluding steroid dienone is 1. The van der Waals surface area contributed by atoms with Gasteiger partial charge in [-0.05, 0) is 30.5 Å². The fourth-order valence-corrected chi connectivity index (χ4v) is 1.93. The highest BCUT2D eigenvalue weighted by atomic mass is 19.1. The van der Waals surface area contributed by atoms with Crippen LogP contribution in [0, 0.1) is 5.82 Å². The summed E-state index contributed by atoms with van der Waals surface area (Å²) in [7, 11) is 0. The van der Waals surface area contributed by atoms with Gasteiger partial charge in [0, 0.05) is 24.8 Å². The summed E-state index contributed by atoms with van der Waals surface area (Å²) in [6.07, 6.45) is 2.22. The number of hydrogen-bond acceptors (Lipinski definition) is 2. The van der Waals surface area contributed by atoms with Crippen LogP contribution in [-0.4, -0.2) is 12.6 Å². The topological polar surface area (TPSA) is 24.1 Å². The molecule has 0 amide bonds. The van der Waals surface area contributed by atoms with Gasteiger partial charge >= 0.3 is 0 Å². The van der Waals surface area contributed by atoms with E-state index in [2.05, 4.69) is 17.2 Å². The van der Waals surface area contributed by atoms with E-state index < -0.39 is 0 Å². The minimum Gasteiger partial charge on any atom is -0.385 e. The molecule has 1 aromatic carbocycles. The van der Waals surface area contributed by atoms with Crippen LogP contribution < -0.4 is 10.6 Å². The van der Waals surface area contributed by atoms with Gasteiger partial charge in [-0.3, -0.25) is 0 Å². The lowest BCUT2D eigenvalue weighted by Crippen LogP contribution is -2.32. The van der Waals surface area contributed by atoms with Gasteiger partial charge in [-0.2, -0.15) is 0 Å². The lowest BCUT2D eigenvalue weighted by molar-refractivity contribution is 0.543. The van der Waals surface area contributed by atoms with E-state index in [4.69, 9.17) is 0 Å². The molecule has 0 aliphatic carbocycles. The molecule has 0 bridgehead atoms. The van der Waals surface area contributed by atoms with Gasteiger partial charge in [-0.15, -0.1) is 0 Å². The van der Waals surface area contributed by atoms with E-state index in [0.717, 1.165) is 37.2 Å². The van der Waals surface area contributed by atoms with Gasteiger partial charge in [0.25, 0.3) is 0 Å². The normalized spacial score (nSPS) is 19.8. The molecule has 1 aliphatic heterocycles. The maximum absolute atomic E-state index is 12.7. The van der Waals surface area contributed by atoms with Crippen molar-refractivity contribution in [3.05, 3.63) is 47.9 Å². The second-order valence-electron chi connectivity index (χ2n) is 4.24. The Bertz CT molecular complexity index is 359. The molecule has 1 atom stereocenters. The molecule has 1 aromatic rings. The van der Waals surface area contributed by atoms with Crippen molar-refractivity contribution in [2.24, 2.45) is 0 Å². The van der Waals surface area contributed by atoms with Crippen molar-refractivity contribution >= 4 is 0 Å². The van der Waals surface area contributed by atoms with Crippen molar-refractivity contribution in [2.75, 3.05) is 6.54 Å². The first-order valence-electron chi connectivity index (χ1n) is 5.63. The van der Waals surface area contributed by atoms with Crippen LogP contribution in [0.25, 0.3) is 0 Å². The van der Waals surface area contributed by atoms with Gasteiger partial charge in [0.05, 0.1) is 0 Å². The molecule has 0 aromatic heterocycles. The van der Waals surface area contributed by atoms with E-state index in [9.17, 15) is 4.39 Å². The SMILES string of the molecule is C=C1CCC(CNCc2ccc(F)cc2)N1. The second-order valence-corrected chi connectivity index (χ2v) is 4.24. The van der Waals surface area contributed by atoms with Crippen LogP contribution in [0.1, 0.15) is 18.4 Å². The van der Waals surface area contributed by atoms with Crippen LogP contribution in [-0.2, 0) is 6.54 Å². The van der Waals surface area contributed by atoms with Crippen LogP contribution in [0.2, 0.25) is 0 Å². The van der Waals surface area contributed by atoms with Crippen molar-refractivity contribution in [2.45, 2.75) is 25.4 Å². The van der Waals surface area contributed by atoms with E-state index in [1.807, 2.05) is 12.1 Å². The summed E-state index contributed by atoms with van der Waals surface area (Å²) in [5.74, 6) is -0.183. The Morgan fingerprint density at radius 3 is 2.75 bits per heavy atom. The quantitative estimate of drug-likeness (QED) is 0.812. The number of nitrogens with one attached hydrogen (secondary N) is 2. The lowest BCUT2D eigenvalue weighted by atomic mass is 10.2. The zero-order valence-corrected chi connectivity index (χ0v) is 9.30. The van der Waals surface area contributed by atoms with E-state index in [1.54, 1.807) is 0 Å². The van der Waals surface area contributed by atoms with E-state index in [-0.39, 0.29) is 5.82 Å². The highest BCUT2D eigenvalue weighted by Crippen LogP contribution is 2.12. The zero-order valence-electron chi connectivity index (χ0n) is 9.30. The zero-order chi connectivity index (χ0) is 11.4. The van der Waals surface area contributed by atoms with Crippen molar-refractivity contribution in [1.29, 1.82) is 0 Å². The largest absolute Gasteiger partial charge is 0.385 e. The fourth-order valence-electron chi connectivity index (χ4n) is 1.93. The first-order chi connectivity index (χ1) is 7.74.